The van der Waals surface area contributed by atoms with E-state index < -0.39 is 0 Å². The number of nitrogens with zero attached hydrogens (tertiary/aromatic N) is 2. The van der Waals surface area contributed by atoms with Crippen molar-refractivity contribution in [2.45, 2.75) is 57.3 Å². The van der Waals surface area contributed by atoms with Gasteiger partial charge in [-0.05, 0) is 50.8 Å². The van der Waals surface area contributed by atoms with Gasteiger partial charge in [-0.25, -0.2) is 0 Å². The van der Waals surface area contributed by atoms with Crippen molar-refractivity contribution in [2.75, 3.05) is 7.05 Å². The molecule has 18 heavy (non-hydrogen) atoms. The number of hydrogen-bond acceptors (Lipinski definition) is 3. The molecule has 2 aliphatic rings. The first-order valence-corrected chi connectivity index (χ1v) is 7.07. The van der Waals surface area contributed by atoms with E-state index in [-0.39, 0.29) is 0 Å². The lowest BCUT2D eigenvalue weighted by molar-refractivity contribution is 0.166. The van der Waals surface area contributed by atoms with E-state index >= 15 is 0 Å². The van der Waals surface area contributed by atoms with E-state index in [9.17, 15) is 0 Å². The van der Waals surface area contributed by atoms with Crippen LogP contribution in [0.4, 0.5) is 0 Å². The van der Waals surface area contributed by atoms with Gasteiger partial charge in [-0.1, -0.05) is 6.07 Å². The third kappa shape index (κ3) is 2.57. The van der Waals surface area contributed by atoms with Crippen molar-refractivity contribution in [3.63, 3.8) is 0 Å². The van der Waals surface area contributed by atoms with Crippen LogP contribution in [0.15, 0.2) is 18.5 Å². The summed E-state index contributed by atoms with van der Waals surface area (Å²) >= 11 is 0. The predicted octanol–water partition coefficient (Wildman–Crippen LogP) is 2.10. The molecule has 3 heteroatoms. The van der Waals surface area contributed by atoms with Crippen LogP contribution in [0.25, 0.3) is 0 Å². The first-order valence-electron chi connectivity index (χ1n) is 7.07. The van der Waals surface area contributed by atoms with Crippen molar-refractivity contribution in [1.29, 1.82) is 0 Å². The summed E-state index contributed by atoms with van der Waals surface area (Å²) in [6, 6.07) is 4.53. The summed E-state index contributed by atoms with van der Waals surface area (Å²) < 4.78 is 0. The number of nitrogens with one attached hydrogen (secondary N) is 1. The fourth-order valence-corrected chi connectivity index (χ4v) is 3.51. The maximum atomic E-state index is 4.29. The second kappa shape index (κ2) is 4.98. The van der Waals surface area contributed by atoms with Crippen LogP contribution < -0.4 is 5.32 Å². The summed E-state index contributed by atoms with van der Waals surface area (Å²) in [4.78, 5) is 6.80. The highest BCUT2D eigenvalue weighted by molar-refractivity contribution is 5.16. The van der Waals surface area contributed by atoms with Crippen LogP contribution in [0, 0.1) is 6.92 Å². The van der Waals surface area contributed by atoms with Gasteiger partial charge in [0.2, 0.25) is 0 Å². The van der Waals surface area contributed by atoms with Crippen molar-refractivity contribution in [2.24, 2.45) is 0 Å². The molecule has 3 heterocycles. The zero-order chi connectivity index (χ0) is 12.5. The summed E-state index contributed by atoms with van der Waals surface area (Å²) in [7, 11) is 2.26. The summed E-state index contributed by atoms with van der Waals surface area (Å²) in [5.41, 5.74) is 2.59. The van der Waals surface area contributed by atoms with Gasteiger partial charge in [0, 0.05) is 37.1 Å². The van der Waals surface area contributed by atoms with Gasteiger partial charge in [-0.3, -0.25) is 9.88 Å². The van der Waals surface area contributed by atoms with Crippen LogP contribution in [-0.4, -0.2) is 35.1 Å². The van der Waals surface area contributed by atoms with E-state index in [0.29, 0.717) is 0 Å². The van der Waals surface area contributed by atoms with E-state index in [4.69, 9.17) is 0 Å². The molecule has 0 amide bonds. The minimum Gasteiger partial charge on any atom is -0.311 e. The van der Waals surface area contributed by atoms with Crippen LogP contribution in [0.5, 0.6) is 0 Å². The lowest BCUT2D eigenvalue weighted by atomic mass is 9.98. The molecule has 1 N–H and O–H groups in total. The van der Waals surface area contributed by atoms with Gasteiger partial charge in [0.05, 0.1) is 0 Å². The number of piperidine rings is 1. The van der Waals surface area contributed by atoms with Crippen LogP contribution in [0.3, 0.4) is 0 Å². The van der Waals surface area contributed by atoms with Crippen molar-refractivity contribution < 1.29 is 0 Å². The Labute approximate surface area is 110 Å². The number of rotatable bonds is 3. The molecule has 2 atom stereocenters. The topological polar surface area (TPSA) is 28.2 Å². The first kappa shape index (κ1) is 12.1. The smallest absolute Gasteiger partial charge is 0.0313 e. The average molecular weight is 245 g/mol. The van der Waals surface area contributed by atoms with E-state index in [2.05, 4.69) is 35.2 Å². The molecule has 2 fully saturated rings. The molecule has 3 nitrogen and oxygen atoms in total. The number of aryl methyl sites for hydroxylation is 1. The Morgan fingerprint density at radius 3 is 2.67 bits per heavy atom. The first-order chi connectivity index (χ1) is 8.70. The van der Waals surface area contributed by atoms with E-state index in [1.807, 2.05) is 12.4 Å². The van der Waals surface area contributed by atoms with Gasteiger partial charge in [0.1, 0.15) is 0 Å². The van der Waals surface area contributed by atoms with Gasteiger partial charge in [0.25, 0.3) is 0 Å². The summed E-state index contributed by atoms with van der Waals surface area (Å²) in [6.07, 6.45) is 9.30. The molecule has 1 aromatic heterocycles. The van der Waals surface area contributed by atoms with Gasteiger partial charge in [-0.2, -0.15) is 0 Å². The van der Waals surface area contributed by atoms with Crippen molar-refractivity contribution in [3.05, 3.63) is 29.6 Å². The standard InChI is InChI=1S/C15H23N3/c1-11-5-12(9-16-8-11)10-18(2)15-6-13-3-4-14(7-15)17-13/h5,8-9,13-15,17H,3-4,6-7,10H2,1-2H3. The van der Waals surface area contributed by atoms with Crippen molar-refractivity contribution in [3.8, 4) is 0 Å². The zero-order valence-corrected chi connectivity index (χ0v) is 11.4. The number of fused-ring (bicyclic) bond motifs is 2. The Kier molecular flexibility index (Phi) is 3.35. The molecule has 0 saturated carbocycles. The van der Waals surface area contributed by atoms with Crippen molar-refractivity contribution in [1.82, 2.24) is 15.2 Å². The maximum Gasteiger partial charge on any atom is 0.0313 e. The molecule has 98 valence electrons. The van der Waals surface area contributed by atoms with Gasteiger partial charge >= 0.3 is 0 Å². The summed E-state index contributed by atoms with van der Waals surface area (Å²) in [6.45, 7) is 3.14. The molecule has 2 aliphatic heterocycles. The SMILES string of the molecule is Cc1cncc(CN(C)C2CC3CCC(C2)N3)c1. The van der Waals surface area contributed by atoms with E-state index in [1.165, 1.54) is 36.8 Å². The average Bonchev–Trinajstić information content (AvgIpc) is 2.68. The highest BCUT2D eigenvalue weighted by Crippen LogP contribution is 2.29. The normalized spacial score (nSPS) is 30.9. The molecule has 3 rings (SSSR count). The van der Waals surface area contributed by atoms with Crippen LogP contribution in [0.1, 0.15) is 36.8 Å². The second-order valence-electron chi connectivity index (χ2n) is 6.05. The second-order valence-corrected chi connectivity index (χ2v) is 6.05. The summed E-state index contributed by atoms with van der Waals surface area (Å²) in [5, 5.41) is 3.71. The molecule has 0 spiro atoms. The lowest BCUT2D eigenvalue weighted by Crippen LogP contribution is -2.46. The van der Waals surface area contributed by atoms with Crippen LogP contribution in [0.2, 0.25) is 0 Å². The molecule has 2 bridgehead atoms. The monoisotopic (exact) mass is 245 g/mol. The summed E-state index contributed by atoms with van der Waals surface area (Å²) in [5.74, 6) is 0. The van der Waals surface area contributed by atoms with Gasteiger partial charge in [0.15, 0.2) is 0 Å². The zero-order valence-electron chi connectivity index (χ0n) is 11.4. The minimum absolute atomic E-state index is 0.740. The van der Waals surface area contributed by atoms with Crippen molar-refractivity contribution >= 4 is 0 Å². The van der Waals surface area contributed by atoms with Crippen LogP contribution >= 0.6 is 0 Å². The third-order valence-corrected chi connectivity index (χ3v) is 4.44. The predicted molar refractivity (Wildman–Crippen MR) is 73.4 cm³/mol. The molecule has 1 aromatic rings. The fourth-order valence-electron chi connectivity index (χ4n) is 3.51. The number of pyridine rings is 1. The van der Waals surface area contributed by atoms with Crippen LogP contribution in [-0.2, 0) is 6.54 Å². The highest BCUT2D eigenvalue weighted by atomic mass is 15.2. The number of hydrogen-bond donors (Lipinski definition) is 1. The lowest BCUT2D eigenvalue weighted by Gasteiger charge is -2.35. The Hall–Kier alpha value is -0.930. The largest absolute Gasteiger partial charge is 0.311 e. The Morgan fingerprint density at radius 1 is 1.28 bits per heavy atom. The van der Waals surface area contributed by atoms with E-state index in [0.717, 1.165) is 24.7 Å². The highest BCUT2D eigenvalue weighted by Gasteiger charge is 2.34. The Morgan fingerprint density at radius 2 is 2.00 bits per heavy atom. The molecular formula is C15H23N3. The number of aromatic nitrogens is 1. The fraction of sp³-hybridized carbons (Fsp3) is 0.667. The minimum atomic E-state index is 0.740. The Balaban J connectivity index is 1.63. The van der Waals surface area contributed by atoms with E-state index in [1.54, 1.807) is 0 Å². The molecular weight excluding hydrogens is 222 g/mol. The van der Waals surface area contributed by atoms with Gasteiger partial charge in [-0.15, -0.1) is 0 Å². The molecule has 2 saturated heterocycles. The molecule has 0 radical (unpaired) electrons. The molecule has 2 unspecified atom stereocenters. The van der Waals surface area contributed by atoms with Gasteiger partial charge < -0.3 is 5.32 Å². The third-order valence-electron chi connectivity index (χ3n) is 4.44. The molecule has 0 aromatic carbocycles. The maximum absolute atomic E-state index is 4.29. The quantitative estimate of drug-likeness (QED) is 0.884. The molecule has 0 aliphatic carbocycles. The Bertz CT molecular complexity index is 406.